The summed E-state index contributed by atoms with van der Waals surface area (Å²) in [5.41, 5.74) is 1.33. The topological polar surface area (TPSA) is 79.9 Å². The van der Waals surface area contributed by atoms with Crippen LogP contribution >= 0.6 is 0 Å². The Morgan fingerprint density at radius 2 is 1.81 bits per heavy atom. The summed E-state index contributed by atoms with van der Waals surface area (Å²) in [5, 5.41) is 5.76. The predicted octanol–water partition coefficient (Wildman–Crippen LogP) is 2.21. The summed E-state index contributed by atoms with van der Waals surface area (Å²) in [6.45, 7) is 0.00691. The highest BCUT2D eigenvalue weighted by Gasteiger charge is 2.14. The van der Waals surface area contributed by atoms with Crippen LogP contribution in [0.25, 0.3) is 0 Å². The number of para-hydroxylation sites is 2. The monoisotopic (exact) mass is 357 g/mol. The maximum Gasteiger partial charge on any atom is 0.243 e. The predicted molar refractivity (Wildman–Crippen MR) is 101 cm³/mol. The number of hydrogen-bond acceptors (Lipinski definition) is 5. The number of likely N-dealkylation sites (N-methyl/N-ethyl adjacent to an activating group) is 1. The normalized spacial score (nSPS) is 9.96. The van der Waals surface area contributed by atoms with Crippen LogP contribution < -0.4 is 20.1 Å². The van der Waals surface area contributed by atoms with E-state index in [-0.39, 0.29) is 24.9 Å². The summed E-state index contributed by atoms with van der Waals surface area (Å²) in [6, 6.07) is 14.4. The Bertz CT molecular complexity index is 764. The van der Waals surface area contributed by atoms with Gasteiger partial charge in [0.05, 0.1) is 33.0 Å². The summed E-state index contributed by atoms with van der Waals surface area (Å²) >= 11 is 0. The maximum absolute atomic E-state index is 12.2. The number of carbonyl (C=O) groups is 2. The molecule has 0 radical (unpaired) electrons. The zero-order chi connectivity index (χ0) is 18.9. The van der Waals surface area contributed by atoms with Gasteiger partial charge in [-0.2, -0.15) is 0 Å². The Hall–Kier alpha value is -3.22. The second-order valence-corrected chi connectivity index (χ2v) is 5.58. The molecule has 2 aromatic carbocycles. The van der Waals surface area contributed by atoms with E-state index < -0.39 is 0 Å². The molecular formula is C19H23N3O4. The lowest BCUT2D eigenvalue weighted by Gasteiger charge is -2.18. The van der Waals surface area contributed by atoms with Gasteiger partial charge < -0.3 is 25.0 Å². The zero-order valence-corrected chi connectivity index (χ0v) is 15.1. The molecule has 0 atom stereocenters. The van der Waals surface area contributed by atoms with Crippen LogP contribution in [0.2, 0.25) is 0 Å². The first-order chi connectivity index (χ1) is 12.5. The molecular weight excluding hydrogens is 334 g/mol. The average molecular weight is 357 g/mol. The van der Waals surface area contributed by atoms with Gasteiger partial charge in [0.1, 0.15) is 11.5 Å². The summed E-state index contributed by atoms with van der Waals surface area (Å²) < 4.78 is 10.3. The molecule has 0 saturated heterocycles. The third-order valence-electron chi connectivity index (χ3n) is 3.70. The third-order valence-corrected chi connectivity index (χ3v) is 3.70. The standard InChI is InChI=1S/C19H23N3O4/c1-22(13-18(23)21-14-7-6-8-15(11-14)25-2)19(24)12-20-16-9-4-5-10-17(16)26-3/h4-11,20H,12-13H2,1-3H3,(H,21,23). The van der Waals surface area contributed by atoms with Crippen LogP contribution in [-0.2, 0) is 9.59 Å². The van der Waals surface area contributed by atoms with Gasteiger partial charge >= 0.3 is 0 Å². The van der Waals surface area contributed by atoms with Gasteiger partial charge in [-0.15, -0.1) is 0 Å². The van der Waals surface area contributed by atoms with Crippen molar-refractivity contribution in [3.63, 3.8) is 0 Å². The molecule has 0 unspecified atom stereocenters. The summed E-state index contributed by atoms with van der Waals surface area (Å²) in [7, 11) is 4.71. The van der Waals surface area contributed by atoms with E-state index in [0.717, 1.165) is 5.69 Å². The molecule has 0 saturated carbocycles. The second kappa shape index (κ2) is 9.31. The van der Waals surface area contributed by atoms with Crippen LogP contribution in [-0.4, -0.2) is 51.1 Å². The molecule has 2 N–H and O–H groups in total. The molecule has 0 aliphatic carbocycles. The Balaban J connectivity index is 1.85. The van der Waals surface area contributed by atoms with Gasteiger partial charge in [-0.1, -0.05) is 18.2 Å². The van der Waals surface area contributed by atoms with Crippen LogP contribution in [0, 0.1) is 0 Å². The summed E-state index contributed by atoms with van der Waals surface area (Å²) in [6.07, 6.45) is 0. The van der Waals surface area contributed by atoms with Crippen molar-refractivity contribution < 1.29 is 19.1 Å². The lowest BCUT2D eigenvalue weighted by Crippen LogP contribution is -2.38. The minimum atomic E-state index is -0.286. The van der Waals surface area contributed by atoms with E-state index in [2.05, 4.69) is 10.6 Å². The molecule has 138 valence electrons. The minimum absolute atomic E-state index is 0.0519. The summed E-state index contributed by atoms with van der Waals surface area (Å²) in [5.74, 6) is 0.801. The smallest absolute Gasteiger partial charge is 0.243 e. The average Bonchev–Trinajstić information content (AvgIpc) is 2.66. The fourth-order valence-electron chi connectivity index (χ4n) is 2.30. The minimum Gasteiger partial charge on any atom is -0.497 e. The van der Waals surface area contributed by atoms with Gasteiger partial charge in [0.2, 0.25) is 11.8 Å². The van der Waals surface area contributed by atoms with Gasteiger partial charge in [-0.3, -0.25) is 9.59 Å². The second-order valence-electron chi connectivity index (χ2n) is 5.58. The first kappa shape index (κ1) is 19.1. The number of ether oxygens (including phenoxy) is 2. The molecule has 0 aliphatic heterocycles. The first-order valence-electron chi connectivity index (χ1n) is 8.08. The number of amides is 2. The zero-order valence-electron chi connectivity index (χ0n) is 15.1. The molecule has 0 aromatic heterocycles. The van der Waals surface area contributed by atoms with Crippen molar-refractivity contribution in [1.29, 1.82) is 0 Å². The Labute approximate surface area is 152 Å². The van der Waals surface area contributed by atoms with E-state index in [4.69, 9.17) is 9.47 Å². The van der Waals surface area contributed by atoms with Crippen LogP contribution in [0.4, 0.5) is 11.4 Å². The molecule has 7 nitrogen and oxygen atoms in total. The molecule has 26 heavy (non-hydrogen) atoms. The Kier molecular flexibility index (Phi) is 6.84. The van der Waals surface area contributed by atoms with E-state index in [1.54, 1.807) is 51.6 Å². The number of nitrogens with one attached hydrogen (secondary N) is 2. The molecule has 0 fully saturated rings. The number of hydrogen-bond donors (Lipinski definition) is 2. The molecule has 0 heterocycles. The molecule has 0 spiro atoms. The van der Waals surface area contributed by atoms with Gasteiger partial charge in [0.15, 0.2) is 0 Å². The van der Waals surface area contributed by atoms with Crippen molar-refractivity contribution >= 4 is 23.2 Å². The number of nitrogens with zero attached hydrogens (tertiary/aromatic N) is 1. The van der Waals surface area contributed by atoms with E-state index in [1.165, 1.54) is 4.90 Å². The lowest BCUT2D eigenvalue weighted by molar-refractivity contribution is -0.131. The maximum atomic E-state index is 12.2. The van der Waals surface area contributed by atoms with E-state index in [9.17, 15) is 9.59 Å². The molecule has 0 bridgehead atoms. The lowest BCUT2D eigenvalue weighted by atomic mass is 10.3. The molecule has 7 heteroatoms. The van der Waals surface area contributed by atoms with Gasteiger partial charge in [0, 0.05) is 18.8 Å². The fourth-order valence-corrected chi connectivity index (χ4v) is 2.30. The van der Waals surface area contributed by atoms with Gasteiger partial charge in [0.25, 0.3) is 0 Å². The number of methoxy groups -OCH3 is 2. The van der Waals surface area contributed by atoms with Gasteiger partial charge in [-0.25, -0.2) is 0 Å². The van der Waals surface area contributed by atoms with Gasteiger partial charge in [-0.05, 0) is 24.3 Å². The van der Waals surface area contributed by atoms with E-state index in [0.29, 0.717) is 17.2 Å². The van der Waals surface area contributed by atoms with Crippen LogP contribution in [0.15, 0.2) is 48.5 Å². The van der Waals surface area contributed by atoms with Crippen molar-refractivity contribution in [3.8, 4) is 11.5 Å². The van der Waals surface area contributed by atoms with Crippen molar-refractivity contribution in [2.24, 2.45) is 0 Å². The highest BCUT2D eigenvalue weighted by atomic mass is 16.5. The number of rotatable bonds is 8. The number of carbonyl (C=O) groups excluding carboxylic acids is 2. The molecule has 2 amide bonds. The van der Waals surface area contributed by atoms with Crippen molar-refractivity contribution in [2.75, 3.05) is 45.0 Å². The number of anilines is 2. The SMILES string of the molecule is COc1cccc(NC(=O)CN(C)C(=O)CNc2ccccc2OC)c1. The Morgan fingerprint density at radius 1 is 1.04 bits per heavy atom. The van der Waals surface area contributed by atoms with E-state index in [1.807, 2.05) is 18.2 Å². The van der Waals surface area contributed by atoms with Crippen molar-refractivity contribution in [1.82, 2.24) is 4.90 Å². The highest BCUT2D eigenvalue weighted by molar-refractivity contribution is 5.95. The van der Waals surface area contributed by atoms with Crippen LogP contribution in [0.5, 0.6) is 11.5 Å². The van der Waals surface area contributed by atoms with Crippen molar-refractivity contribution in [3.05, 3.63) is 48.5 Å². The molecule has 2 rings (SSSR count). The summed E-state index contributed by atoms with van der Waals surface area (Å²) in [4.78, 5) is 25.7. The Morgan fingerprint density at radius 3 is 2.54 bits per heavy atom. The third kappa shape index (κ3) is 5.41. The van der Waals surface area contributed by atoms with E-state index >= 15 is 0 Å². The largest absolute Gasteiger partial charge is 0.497 e. The van der Waals surface area contributed by atoms with Crippen molar-refractivity contribution in [2.45, 2.75) is 0 Å². The molecule has 2 aromatic rings. The van der Waals surface area contributed by atoms with Crippen LogP contribution in [0.3, 0.4) is 0 Å². The highest BCUT2D eigenvalue weighted by Crippen LogP contribution is 2.22. The van der Waals surface area contributed by atoms with Crippen LogP contribution in [0.1, 0.15) is 0 Å². The quantitative estimate of drug-likeness (QED) is 0.757. The first-order valence-corrected chi connectivity index (χ1v) is 8.08. The fraction of sp³-hybridized carbons (Fsp3) is 0.263. The number of benzene rings is 2. The molecule has 0 aliphatic rings.